The molecule has 0 bridgehead atoms. The van der Waals surface area contributed by atoms with Crippen molar-refractivity contribution in [2.24, 2.45) is 7.05 Å². The smallest absolute Gasteiger partial charge is 0.216 e. The third kappa shape index (κ3) is 2.80. The zero-order valence-electron chi connectivity index (χ0n) is 7.54. The average molecular weight is 247 g/mol. The van der Waals surface area contributed by atoms with Crippen LogP contribution in [0.3, 0.4) is 0 Å². The molecule has 1 aromatic heterocycles. The van der Waals surface area contributed by atoms with Gasteiger partial charge in [-0.15, -0.1) is 10.2 Å². The van der Waals surface area contributed by atoms with E-state index in [0.29, 0.717) is 17.7 Å². The number of hydrogen-bond donors (Lipinski definition) is 1. The molecule has 0 fully saturated rings. The molecular weight excluding hydrogens is 236 g/mol. The van der Waals surface area contributed by atoms with Gasteiger partial charge in [0, 0.05) is 26.9 Å². The molecule has 0 radical (unpaired) electrons. The van der Waals surface area contributed by atoms with Crippen LogP contribution in [0.15, 0.2) is 4.73 Å². The molecule has 0 saturated heterocycles. The van der Waals surface area contributed by atoms with Crippen LogP contribution in [0.1, 0.15) is 12.7 Å². The zero-order valence-corrected chi connectivity index (χ0v) is 9.13. The number of carbonyl (C=O) groups is 1. The Balaban J connectivity index is 2.45. The van der Waals surface area contributed by atoms with Gasteiger partial charge in [-0.2, -0.15) is 0 Å². The van der Waals surface area contributed by atoms with Crippen molar-refractivity contribution in [1.29, 1.82) is 0 Å². The SMILES string of the molecule is CC(=O)NCCc1nnc(Br)n1C. The highest BCUT2D eigenvalue weighted by Crippen LogP contribution is 2.05. The van der Waals surface area contributed by atoms with Crippen molar-refractivity contribution in [3.8, 4) is 0 Å². The number of nitrogens with one attached hydrogen (secondary N) is 1. The van der Waals surface area contributed by atoms with Gasteiger partial charge in [-0.3, -0.25) is 4.79 Å². The molecule has 0 atom stereocenters. The van der Waals surface area contributed by atoms with Crippen molar-refractivity contribution in [3.63, 3.8) is 0 Å². The van der Waals surface area contributed by atoms with Crippen molar-refractivity contribution in [3.05, 3.63) is 10.6 Å². The van der Waals surface area contributed by atoms with Gasteiger partial charge in [-0.25, -0.2) is 0 Å². The van der Waals surface area contributed by atoms with E-state index in [1.807, 2.05) is 11.6 Å². The van der Waals surface area contributed by atoms with Crippen molar-refractivity contribution < 1.29 is 4.79 Å². The predicted octanol–water partition coefficient (Wildman–Crippen LogP) is 0.256. The second-order valence-electron chi connectivity index (χ2n) is 2.68. The Hall–Kier alpha value is -0.910. The normalized spacial score (nSPS) is 10.1. The summed E-state index contributed by atoms with van der Waals surface area (Å²) >= 11 is 3.24. The quantitative estimate of drug-likeness (QED) is 0.833. The number of hydrogen-bond acceptors (Lipinski definition) is 3. The summed E-state index contributed by atoms with van der Waals surface area (Å²) in [6.45, 7) is 2.08. The fraction of sp³-hybridized carbons (Fsp3) is 0.571. The van der Waals surface area contributed by atoms with Crippen LogP contribution in [0.4, 0.5) is 0 Å². The maximum Gasteiger partial charge on any atom is 0.216 e. The Morgan fingerprint density at radius 1 is 1.62 bits per heavy atom. The van der Waals surface area contributed by atoms with E-state index in [1.165, 1.54) is 6.92 Å². The molecule has 0 aromatic carbocycles. The van der Waals surface area contributed by atoms with Crippen molar-refractivity contribution in [2.45, 2.75) is 13.3 Å². The van der Waals surface area contributed by atoms with Crippen molar-refractivity contribution in [1.82, 2.24) is 20.1 Å². The molecule has 72 valence electrons. The average Bonchev–Trinajstić information content (AvgIpc) is 2.35. The Kier molecular flexibility index (Phi) is 3.41. The Bertz CT molecular complexity index is 309. The number of aromatic nitrogens is 3. The van der Waals surface area contributed by atoms with E-state index in [1.54, 1.807) is 0 Å². The maximum absolute atomic E-state index is 10.6. The lowest BCUT2D eigenvalue weighted by Crippen LogP contribution is -2.23. The summed E-state index contributed by atoms with van der Waals surface area (Å²) in [6, 6.07) is 0. The molecule has 0 unspecified atom stereocenters. The van der Waals surface area contributed by atoms with Gasteiger partial charge in [-0.1, -0.05) is 0 Å². The van der Waals surface area contributed by atoms with Gasteiger partial charge >= 0.3 is 0 Å². The van der Waals surface area contributed by atoms with Gasteiger partial charge < -0.3 is 9.88 Å². The third-order valence-electron chi connectivity index (χ3n) is 1.63. The molecule has 0 aliphatic heterocycles. The van der Waals surface area contributed by atoms with Crippen LogP contribution in [-0.4, -0.2) is 27.2 Å². The summed E-state index contributed by atoms with van der Waals surface area (Å²) in [5, 5.41) is 10.5. The third-order valence-corrected chi connectivity index (χ3v) is 2.33. The van der Waals surface area contributed by atoms with Gasteiger partial charge in [0.1, 0.15) is 5.82 Å². The van der Waals surface area contributed by atoms with Crippen molar-refractivity contribution >= 4 is 21.8 Å². The predicted molar refractivity (Wildman–Crippen MR) is 51.1 cm³/mol. The van der Waals surface area contributed by atoms with Crippen LogP contribution in [0.5, 0.6) is 0 Å². The molecule has 1 N–H and O–H groups in total. The molecule has 0 aliphatic carbocycles. The minimum atomic E-state index is -0.0266. The molecule has 1 amide bonds. The van der Waals surface area contributed by atoms with Crippen LogP contribution in [0, 0.1) is 0 Å². The number of halogens is 1. The minimum absolute atomic E-state index is 0.0266. The number of rotatable bonds is 3. The highest BCUT2D eigenvalue weighted by atomic mass is 79.9. The van der Waals surface area contributed by atoms with Gasteiger partial charge in [-0.05, 0) is 15.9 Å². The summed E-state index contributed by atoms with van der Waals surface area (Å²) in [5.74, 6) is 0.821. The zero-order chi connectivity index (χ0) is 9.84. The van der Waals surface area contributed by atoms with Crippen LogP contribution in [0.25, 0.3) is 0 Å². The van der Waals surface area contributed by atoms with E-state index in [9.17, 15) is 4.79 Å². The van der Waals surface area contributed by atoms with Gasteiger partial charge in [0.2, 0.25) is 5.91 Å². The lowest BCUT2D eigenvalue weighted by Gasteiger charge is -2.01. The second kappa shape index (κ2) is 4.36. The Labute approximate surface area is 84.7 Å². The van der Waals surface area contributed by atoms with E-state index < -0.39 is 0 Å². The summed E-state index contributed by atoms with van der Waals surface area (Å²) < 4.78 is 2.53. The number of carbonyl (C=O) groups excluding carboxylic acids is 1. The highest BCUT2D eigenvalue weighted by Gasteiger charge is 2.04. The minimum Gasteiger partial charge on any atom is -0.356 e. The molecular formula is C7H11BrN4O. The topological polar surface area (TPSA) is 59.8 Å². The summed E-state index contributed by atoms with van der Waals surface area (Å²) in [5.41, 5.74) is 0. The van der Waals surface area contributed by atoms with Crippen LogP contribution in [-0.2, 0) is 18.3 Å². The monoisotopic (exact) mass is 246 g/mol. The molecule has 13 heavy (non-hydrogen) atoms. The molecule has 1 aromatic rings. The van der Waals surface area contributed by atoms with Crippen LogP contribution in [0.2, 0.25) is 0 Å². The Morgan fingerprint density at radius 2 is 2.31 bits per heavy atom. The largest absolute Gasteiger partial charge is 0.356 e. The number of amides is 1. The molecule has 5 nitrogen and oxygen atoms in total. The molecule has 6 heteroatoms. The lowest BCUT2D eigenvalue weighted by atomic mass is 10.4. The fourth-order valence-corrected chi connectivity index (χ4v) is 1.19. The Morgan fingerprint density at radius 3 is 2.77 bits per heavy atom. The summed E-state index contributed by atoms with van der Waals surface area (Å²) in [7, 11) is 1.87. The number of nitrogens with zero attached hydrogens (tertiary/aromatic N) is 3. The van der Waals surface area contributed by atoms with E-state index in [0.717, 1.165) is 5.82 Å². The maximum atomic E-state index is 10.6. The first-order chi connectivity index (χ1) is 6.11. The van der Waals surface area contributed by atoms with Crippen LogP contribution >= 0.6 is 15.9 Å². The summed E-state index contributed by atoms with van der Waals surface area (Å²) in [4.78, 5) is 10.6. The first kappa shape index (κ1) is 10.2. The summed E-state index contributed by atoms with van der Waals surface area (Å²) in [6.07, 6.45) is 0.689. The molecule has 0 aliphatic rings. The highest BCUT2D eigenvalue weighted by molar-refractivity contribution is 9.10. The van der Waals surface area contributed by atoms with Gasteiger partial charge in [0.05, 0.1) is 0 Å². The first-order valence-electron chi connectivity index (χ1n) is 3.89. The lowest BCUT2D eigenvalue weighted by molar-refractivity contribution is -0.118. The van der Waals surface area contributed by atoms with Crippen LogP contribution < -0.4 is 5.32 Å². The molecule has 0 spiro atoms. The van der Waals surface area contributed by atoms with E-state index in [-0.39, 0.29) is 5.91 Å². The second-order valence-corrected chi connectivity index (χ2v) is 3.39. The molecule has 1 rings (SSSR count). The van der Waals surface area contributed by atoms with Gasteiger partial charge in [0.25, 0.3) is 0 Å². The van der Waals surface area contributed by atoms with E-state index >= 15 is 0 Å². The first-order valence-corrected chi connectivity index (χ1v) is 4.68. The van der Waals surface area contributed by atoms with Gasteiger partial charge in [0.15, 0.2) is 4.73 Å². The fourth-order valence-electron chi connectivity index (χ4n) is 0.908. The van der Waals surface area contributed by atoms with Crippen molar-refractivity contribution in [2.75, 3.05) is 6.54 Å². The van der Waals surface area contributed by atoms with E-state index in [4.69, 9.17) is 0 Å². The van der Waals surface area contributed by atoms with E-state index in [2.05, 4.69) is 31.4 Å². The standard InChI is InChI=1S/C7H11BrN4O/c1-5(13)9-4-3-6-10-11-7(8)12(6)2/h3-4H2,1-2H3,(H,9,13). The molecule has 0 saturated carbocycles. The molecule has 1 heterocycles.